The summed E-state index contributed by atoms with van der Waals surface area (Å²) >= 11 is 0. The zero-order valence-corrected chi connectivity index (χ0v) is 14.5. The molecule has 2 aromatic rings. The van der Waals surface area contributed by atoms with Crippen LogP contribution in [0, 0.1) is 13.8 Å². The average Bonchev–Trinajstić information content (AvgIpc) is 2.94. The Morgan fingerprint density at radius 3 is 2.42 bits per heavy atom. The number of nitrogens with zero attached hydrogens (tertiary/aromatic N) is 3. The molecule has 1 N–H and O–H groups in total. The molecular weight excluding hydrogens is 304 g/mol. The minimum Gasteiger partial charge on any atom is -0.359 e. The van der Waals surface area contributed by atoms with Crippen LogP contribution in [0.3, 0.4) is 0 Å². The fraction of sp³-hybridized carbons (Fsp3) is 0.444. The number of rotatable bonds is 3. The van der Waals surface area contributed by atoms with Crippen LogP contribution in [0.25, 0.3) is 0 Å². The second kappa shape index (κ2) is 7.05. The zero-order valence-electron chi connectivity index (χ0n) is 14.5. The third-order valence-corrected chi connectivity index (χ3v) is 4.70. The largest absolute Gasteiger partial charge is 0.359 e. The summed E-state index contributed by atoms with van der Waals surface area (Å²) in [5.41, 5.74) is 2.70. The number of anilines is 1. The third-order valence-electron chi connectivity index (χ3n) is 4.70. The lowest BCUT2D eigenvalue weighted by Gasteiger charge is -2.38. The molecule has 0 saturated carbocycles. The molecule has 1 aliphatic rings. The van der Waals surface area contributed by atoms with E-state index < -0.39 is 0 Å². The first-order chi connectivity index (χ1) is 11.6. The lowest BCUT2D eigenvalue weighted by molar-refractivity contribution is 0.119. The third kappa shape index (κ3) is 3.43. The number of carbonyl (C=O) groups excluding carboxylic acids is 1. The molecule has 3 rings (SSSR count). The van der Waals surface area contributed by atoms with Crippen molar-refractivity contribution >= 4 is 11.7 Å². The Balaban J connectivity index is 1.56. The molecule has 1 unspecified atom stereocenters. The maximum absolute atomic E-state index is 12.4. The Morgan fingerprint density at radius 1 is 1.17 bits per heavy atom. The molecule has 128 valence electrons. The van der Waals surface area contributed by atoms with E-state index >= 15 is 0 Å². The smallest absolute Gasteiger partial charge is 0.322 e. The Labute approximate surface area is 142 Å². The van der Waals surface area contributed by atoms with Crippen LogP contribution in [-0.4, -0.2) is 47.2 Å². The summed E-state index contributed by atoms with van der Waals surface area (Å²) in [6, 6.07) is 10.8. The van der Waals surface area contributed by atoms with E-state index in [2.05, 4.69) is 46.6 Å². The van der Waals surface area contributed by atoms with Crippen molar-refractivity contribution in [2.75, 3.05) is 31.5 Å². The van der Waals surface area contributed by atoms with E-state index in [0.717, 1.165) is 13.1 Å². The minimum absolute atomic E-state index is 0.0867. The van der Waals surface area contributed by atoms with Crippen molar-refractivity contribution < 1.29 is 9.32 Å². The highest BCUT2D eigenvalue weighted by atomic mass is 16.5. The molecule has 1 aliphatic heterocycles. The van der Waals surface area contributed by atoms with Crippen LogP contribution in [0.15, 0.2) is 34.9 Å². The van der Waals surface area contributed by atoms with E-state index in [1.54, 1.807) is 6.92 Å². The number of aromatic nitrogens is 1. The molecule has 6 nitrogen and oxygen atoms in total. The highest BCUT2D eigenvalue weighted by molar-refractivity contribution is 5.90. The predicted octanol–water partition coefficient (Wildman–Crippen LogP) is 3.20. The number of urea groups is 1. The van der Waals surface area contributed by atoms with Gasteiger partial charge in [0.25, 0.3) is 0 Å². The van der Waals surface area contributed by atoms with Gasteiger partial charge in [-0.3, -0.25) is 4.90 Å². The van der Waals surface area contributed by atoms with E-state index in [-0.39, 0.29) is 6.03 Å². The zero-order chi connectivity index (χ0) is 17.1. The summed E-state index contributed by atoms with van der Waals surface area (Å²) in [4.78, 5) is 16.7. The maximum atomic E-state index is 12.4. The molecule has 1 fully saturated rings. The number of carbonyl (C=O) groups is 1. The number of aryl methyl sites for hydroxylation is 2. The molecule has 0 aliphatic carbocycles. The number of nitrogens with one attached hydrogen (secondary N) is 1. The first-order valence-corrected chi connectivity index (χ1v) is 8.34. The first kappa shape index (κ1) is 16.5. The van der Waals surface area contributed by atoms with Crippen molar-refractivity contribution in [2.24, 2.45) is 0 Å². The number of hydrogen-bond donors (Lipinski definition) is 1. The van der Waals surface area contributed by atoms with Gasteiger partial charge in [-0.15, -0.1) is 0 Å². The number of piperazine rings is 1. The van der Waals surface area contributed by atoms with Gasteiger partial charge < -0.3 is 14.7 Å². The van der Waals surface area contributed by atoms with Crippen molar-refractivity contribution in [1.29, 1.82) is 0 Å². The number of benzene rings is 1. The lowest BCUT2D eigenvalue weighted by atomic mass is 10.1. The van der Waals surface area contributed by atoms with Crippen LogP contribution < -0.4 is 5.32 Å². The Kier molecular flexibility index (Phi) is 4.85. The summed E-state index contributed by atoms with van der Waals surface area (Å²) in [5.74, 6) is 0.636. The second-order valence-electron chi connectivity index (χ2n) is 6.24. The molecule has 1 aromatic heterocycles. The SMILES string of the molecule is Cc1noc(C)c1NC(=O)N1CCN(C(C)c2ccccc2)CC1. The van der Waals surface area contributed by atoms with E-state index in [1.165, 1.54) is 5.56 Å². The van der Waals surface area contributed by atoms with Crippen molar-refractivity contribution in [2.45, 2.75) is 26.8 Å². The van der Waals surface area contributed by atoms with E-state index in [9.17, 15) is 4.79 Å². The molecule has 1 saturated heterocycles. The van der Waals surface area contributed by atoms with Gasteiger partial charge in [0.15, 0.2) is 5.76 Å². The van der Waals surface area contributed by atoms with Crippen LogP contribution in [0.1, 0.15) is 30.0 Å². The van der Waals surface area contributed by atoms with Crippen LogP contribution in [0.2, 0.25) is 0 Å². The highest BCUT2D eigenvalue weighted by Crippen LogP contribution is 2.22. The number of hydrogen-bond acceptors (Lipinski definition) is 4. The fourth-order valence-corrected chi connectivity index (χ4v) is 3.10. The topological polar surface area (TPSA) is 61.6 Å². The summed E-state index contributed by atoms with van der Waals surface area (Å²) in [6.45, 7) is 9.00. The molecule has 0 bridgehead atoms. The van der Waals surface area contributed by atoms with Crippen LogP contribution in [0.5, 0.6) is 0 Å². The van der Waals surface area contributed by atoms with Gasteiger partial charge in [-0.1, -0.05) is 35.5 Å². The van der Waals surface area contributed by atoms with Crippen molar-refractivity contribution in [3.8, 4) is 0 Å². The maximum Gasteiger partial charge on any atom is 0.322 e. The standard InChI is InChI=1S/C18H24N4O2/c1-13-17(15(3)24-20-13)19-18(23)22-11-9-21(10-12-22)14(2)16-7-5-4-6-8-16/h4-8,14H,9-12H2,1-3H3,(H,19,23). The molecule has 2 amide bonds. The van der Waals surface area contributed by atoms with Gasteiger partial charge in [-0.05, 0) is 26.3 Å². The van der Waals surface area contributed by atoms with Gasteiger partial charge in [-0.25, -0.2) is 4.79 Å². The minimum atomic E-state index is -0.0867. The van der Waals surface area contributed by atoms with Gasteiger partial charge in [0.1, 0.15) is 11.4 Å². The molecule has 24 heavy (non-hydrogen) atoms. The van der Waals surface area contributed by atoms with Gasteiger partial charge in [-0.2, -0.15) is 0 Å². The van der Waals surface area contributed by atoms with Crippen LogP contribution in [-0.2, 0) is 0 Å². The molecule has 0 radical (unpaired) electrons. The summed E-state index contributed by atoms with van der Waals surface area (Å²) < 4.78 is 5.09. The van der Waals surface area contributed by atoms with Crippen molar-refractivity contribution in [3.05, 3.63) is 47.3 Å². The summed E-state index contributed by atoms with van der Waals surface area (Å²) in [6.07, 6.45) is 0. The molecule has 1 atom stereocenters. The van der Waals surface area contributed by atoms with Gasteiger partial charge in [0.2, 0.25) is 0 Å². The molecule has 6 heteroatoms. The number of amides is 2. The van der Waals surface area contributed by atoms with Gasteiger partial charge >= 0.3 is 6.03 Å². The van der Waals surface area contributed by atoms with Gasteiger partial charge in [0, 0.05) is 32.2 Å². The average molecular weight is 328 g/mol. The van der Waals surface area contributed by atoms with E-state index in [4.69, 9.17) is 4.52 Å². The molecule has 1 aromatic carbocycles. The molecule has 2 heterocycles. The Bertz CT molecular complexity index is 671. The predicted molar refractivity (Wildman–Crippen MR) is 93.0 cm³/mol. The quantitative estimate of drug-likeness (QED) is 0.940. The Morgan fingerprint density at radius 2 is 1.83 bits per heavy atom. The van der Waals surface area contributed by atoms with Crippen LogP contribution >= 0.6 is 0 Å². The Hall–Kier alpha value is -2.34. The van der Waals surface area contributed by atoms with Crippen molar-refractivity contribution in [1.82, 2.24) is 15.0 Å². The normalized spacial score (nSPS) is 16.9. The fourth-order valence-electron chi connectivity index (χ4n) is 3.10. The van der Waals surface area contributed by atoms with E-state index in [1.807, 2.05) is 17.9 Å². The summed E-state index contributed by atoms with van der Waals surface area (Å²) in [5, 5.41) is 6.78. The second-order valence-corrected chi connectivity index (χ2v) is 6.24. The molecule has 0 spiro atoms. The summed E-state index contributed by atoms with van der Waals surface area (Å²) in [7, 11) is 0. The van der Waals surface area contributed by atoms with Crippen molar-refractivity contribution in [3.63, 3.8) is 0 Å². The van der Waals surface area contributed by atoms with Crippen LogP contribution in [0.4, 0.5) is 10.5 Å². The van der Waals surface area contributed by atoms with E-state index in [0.29, 0.717) is 36.3 Å². The van der Waals surface area contributed by atoms with Gasteiger partial charge in [0.05, 0.1) is 0 Å². The first-order valence-electron chi connectivity index (χ1n) is 8.34. The monoisotopic (exact) mass is 328 g/mol. The highest BCUT2D eigenvalue weighted by Gasteiger charge is 2.25. The lowest BCUT2D eigenvalue weighted by Crippen LogP contribution is -2.50. The molecular formula is C18H24N4O2.